The maximum absolute atomic E-state index is 11.8. The summed E-state index contributed by atoms with van der Waals surface area (Å²) in [6.07, 6.45) is 1.70. The summed E-state index contributed by atoms with van der Waals surface area (Å²) in [7, 11) is 3.46. The molecule has 1 aromatic carbocycles. The molecule has 0 N–H and O–H groups in total. The second-order valence-corrected chi connectivity index (χ2v) is 4.16. The first kappa shape index (κ1) is 10.9. The maximum Gasteiger partial charge on any atom is 0.253 e. The first-order valence-corrected chi connectivity index (χ1v) is 5.22. The molecule has 0 saturated carbocycles. The molecule has 1 aromatic heterocycles. The van der Waals surface area contributed by atoms with Crippen LogP contribution in [0.15, 0.2) is 30.5 Å². The third-order valence-electron chi connectivity index (χ3n) is 2.34. The average Bonchev–Trinajstić information content (AvgIpc) is 2.26. The van der Waals surface area contributed by atoms with Crippen molar-refractivity contribution < 1.29 is 4.79 Å². The van der Waals surface area contributed by atoms with E-state index in [4.69, 9.17) is 11.6 Å². The van der Waals surface area contributed by atoms with Gasteiger partial charge in [0.25, 0.3) is 5.91 Å². The Kier molecular flexibility index (Phi) is 2.79. The molecule has 82 valence electrons. The van der Waals surface area contributed by atoms with Gasteiger partial charge in [0.2, 0.25) is 0 Å². The quantitative estimate of drug-likeness (QED) is 0.711. The van der Waals surface area contributed by atoms with Gasteiger partial charge in [-0.15, -0.1) is 0 Å². The summed E-state index contributed by atoms with van der Waals surface area (Å²) < 4.78 is 0. The Balaban J connectivity index is 2.55. The minimum atomic E-state index is -0.0187. The highest BCUT2D eigenvalue weighted by molar-refractivity contribution is 6.30. The van der Waals surface area contributed by atoms with Crippen molar-refractivity contribution in [2.24, 2.45) is 0 Å². The van der Waals surface area contributed by atoms with E-state index in [1.54, 1.807) is 37.3 Å². The van der Waals surface area contributed by atoms with Gasteiger partial charge in [-0.25, -0.2) is 4.98 Å². The number of carbonyl (C=O) groups excluding carboxylic acids is 1. The number of amides is 1. The van der Waals surface area contributed by atoms with Crippen LogP contribution in [0.4, 0.5) is 0 Å². The van der Waals surface area contributed by atoms with Gasteiger partial charge in [-0.3, -0.25) is 4.79 Å². The van der Waals surface area contributed by atoms with Crippen molar-refractivity contribution in [3.05, 3.63) is 41.2 Å². The zero-order valence-electron chi connectivity index (χ0n) is 9.07. The third kappa shape index (κ3) is 1.99. The standard InChI is InChI=1S/C12H11ClN2O/c1-15(2)12(16)8-3-4-9-7-14-11(13)6-10(9)5-8/h3-7H,1-2H3. The monoisotopic (exact) mass is 234 g/mol. The fraction of sp³-hybridized carbons (Fsp3) is 0.167. The Morgan fingerprint density at radius 1 is 1.25 bits per heavy atom. The molecule has 0 fully saturated rings. The first-order valence-electron chi connectivity index (χ1n) is 4.85. The molecule has 0 spiro atoms. The van der Waals surface area contributed by atoms with E-state index in [-0.39, 0.29) is 5.91 Å². The number of rotatable bonds is 1. The number of hydrogen-bond donors (Lipinski definition) is 0. The molecule has 0 aliphatic carbocycles. The van der Waals surface area contributed by atoms with Crippen LogP contribution in [0.1, 0.15) is 10.4 Å². The van der Waals surface area contributed by atoms with Gasteiger partial charge in [0, 0.05) is 31.2 Å². The summed E-state index contributed by atoms with van der Waals surface area (Å²) in [5, 5.41) is 2.33. The van der Waals surface area contributed by atoms with Crippen molar-refractivity contribution in [2.75, 3.05) is 14.1 Å². The van der Waals surface area contributed by atoms with E-state index in [1.165, 1.54) is 0 Å². The van der Waals surface area contributed by atoms with Crippen molar-refractivity contribution >= 4 is 28.3 Å². The van der Waals surface area contributed by atoms with E-state index in [0.29, 0.717) is 10.7 Å². The van der Waals surface area contributed by atoms with E-state index in [0.717, 1.165) is 10.8 Å². The van der Waals surface area contributed by atoms with Gasteiger partial charge < -0.3 is 4.90 Å². The predicted octanol–water partition coefficient (Wildman–Crippen LogP) is 2.59. The molecule has 0 radical (unpaired) electrons. The Morgan fingerprint density at radius 2 is 2.00 bits per heavy atom. The van der Waals surface area contributed by atoms with E-state index in [1.807, 2.05) is 12.1 Å². The zero-order valence-corrected chi connectivity index (χ0v) is 9.82. The number of fused-ring (bicyclic) bond motifs is 1. The Bertz CT molecular complexity index is 552. The number of halogens is 1. The summed E-state index contributed by atoms with van der Waals surface area (Å²) >= 11 is 5.81. The van der Waals surface area contributed by atoms with Crippen LogP contribution in [-0.2, 0) is 0 Å². The van der Waals surface area contributed by atoms with Crippen LogP contribution in [0.5, 0.6) is 0 Å². The molecule has 3 nitrogen and oxygen atoms in total. The molecule has 2 rings (SSSR count). The van der Waals surface area contributed by atoms with Crippen LogP contribution in [0.2, 0.25) is 5.15 Å². The number of aromatic nitrogens is 1. The lowest BCUT2D eigenvalue weighted by molar-refractivity contribution is 0.0828. The molecule has 0 unspecified atom stereocenters. The fourth-order valence-corrected chi connectivity index (χ4v) is 1.67. The lowest BCUT2D eigenvalue weighted by atomic mass is 10.1. The van der Waals surface area contributed by atoms with Crippen LogP contribution >= 0.6 is 11.6 Å². The molecule has 2 aromatic rings. The summed E-state index contributed by atoms with van der Waals surface area (Å²) in [4.78, 5) is 17.3. The van der Waals surface area contributed by atoms with Crippen molar-refractivity contribution in [3.63, 3.8) is 0 Å². The molecule has 0 bridgehead atoms. The van der Waals surface area contributed by atoms with E-state index in [9.17, 15) is 4.79 Å². The fourth-order valence-electron chi connectivity index (χ4n) is 1.51. The Hall–Kier alpha value is -1.61. The highest BCUT2D eigenvalue weighted by Gasteiger charge is 2.08. The van der Waals surface area contributed by atoms with Crippen molar-refractivity contribution in [3.8, 4) is 0 Å². The smallest absolute Gasteiger partial charge is 0.253 e. The van der Waals surface area contributed by atoms with Gasteiger partial charge in [-0.05, 0) is 23.6 Å². The highest BCUT2D eigenvalue weighted by atomic mass is 35.5. The molecule has 1 amide bonds. The summed E-state index contributed by atoms with van der Waals surface area (Å²) in [5.74, 6) is -0.0187. The zero-order chi connectivity index (χ0) is 11.7. The second-order valence-electron chi connectivity index (χ2n) is 3.77. The summed E-state index contributed by atoms with van der Waals surface area (Å²) in [6, 6.07) is 7.24. The number of pyridine rings is 1. The third-order valence-corrected chi connectivity index (χ3v) is 2.55. The maximum atomic E-state index is 11.8. The Morgan fingerprint density at radius 3 is 2.69 bits per heavy atom. The predicted molar refractivity (Wildman–Crippen MR) is 64.8 cm³/mol. The molecule has 4 heteroatoms. The number of hydrogen-bond acceptors (Lipinski definition) is 2. The van der Waals surface area contributed by atoms with Crippen LogP contribution in [0.25, 0.3) is 10.8 Å². The normalized spacial score (nSPS) is 10.4. The first-order chi connectivity index (χ1) is 7.58. The lowest BCUT2D eigenvalue weighted by Crippen LogP contribution is -2.21. The minimum absolute atomic E-state index is 0.0187. The van der Waals surface area contributed by atoms with Gasteiger partial charge in [-0.1, -0.05) is 17.7 Å². The average molecular weight is 235 g/mol. The van der Waals surface area contributed by atoms with E-state index >= 15 is 0 Å². The van der Waals surface area contributed by atoms with Crippen LogP contribution in [-0.4, -0.2) is 29.9 Å². The van der Waals surface area contributed by atoms with Crippen molar-refractivity contribution in [1.82, 2.24) is 9.88 Å². The van der Waals surface area contributed by atoms with Crippen LogP contribution in [0, 0.1) is 0 Å². The molecule has 1 heterocycles. The van der Waals surface area contributed by atoms with Gasteiger partial charge in [-0.2, -0.15) is 0 Å². The molecule has 16 heavy (non-hydrogen) atoms. The van der Waals surface area contributed by atoms with E-state index < -0.39 is 0 Å². The number of benzene rings is 1. The van der Waals surface area contributed by atoms with E-state index in [2.05, 4.69) is 4.98 Å². The topological polar surface area (TPSA) is 33.2 Å². The summed E-state index contributed by atoms with van der Waals surface area (Å²) in [5.41, 5.74) is 0.653. The van der Waals surface area contributed by atoms with Crippen molar-refractivity contribution in [2.45, 2.75) is 0 Å². The molecule has 0 saturated heterocycles. The molecule has 0 atom stereocenters. The molecular formula is C12H11ClN2O. The van der Waals surface area contributed by atoms with Gasteiger partial charge in [0.05, 0.1) is 0 Å². The number of carbonyl (C=O) groups is 1. The summed E-state index contributed by atoms with van der Waals surface area (Å²) in [6.45, 7) is 0. The van der Waals surface area contributed by atoms with Gasteiger partial charge >= 0.3 is 0 Å². The largest absolute Gasteiger partial charge is 0.345 e. The SMILES string of the molecule is CN(C)C(=O)c1ccc2cnc(Cl)cc2c1. The Labute approximate surface area is 98.7 Å². The van der Waals surface area contributed by atoms with Gasteiger partial charge in [0.1, 0.15) is 5.15 Å². The molecule has 0 aliphatic heterocycles. The van der Waals surface area contributed by atoms with Crippen LogP contribution < -0.4 is 0 Å². The highest BCUT2D eigenvalue weighted by Crippen LogP contribution is 2.18. The van der Waals surface area contributed by atoms with Crippen LogP contribution in [0.3, 0.4) is 0 Å². The minimum Gasteiger partial charge on any atom is -0.345 e. The molecule has 0 aliphatic rings. The van der Waals surface area contributed by atoms with Crippen molar-refractivity contribution in [1.29, 1.82) is 0 Å². The second kappa shape index (κ2) is 4.10. The van der Waals surface area contributed by atoms with Gasteiger partial charge in [0.15, 0.2) is 0 Å². The lowest BCUT2D eigenvalue weighted by Gasteiger charge is -2.10. The number of nitrogens with zero attached hydrogens (tertiary/aromatic N) is 2. The molecular weight excluding hydrogens is 224 g/mol.